The number of ether oxygens (including phenoxy) is 2. The highest BCUT2D eigenvalue weighted by Gasteiger charge is 2.30. The van der Waals surface area contributed by atoms with Gasteiger partial charge in [0.15, 0.2) is 5.92 Å². The zero-order chi connectivity index (χ0) is 12.7. The lowest BCUT2D eigenvalue weighted by Crippen LogP contribution is -2.30. The third-order valence-corrected chi connectivity index (χ3v) is 2.67. The zero-order valence-electron chi connectivity index (χ0n) is 9.84. The molecular weight excluding hydrogens is 242 g/mol. The highest BCUT2D eigenvalue weighted by atomic mass is 32.1. The second-order valence-corrected chi connectivity index (χ2v) is 3.96. The first kappa shape index (κ1) is 13.6. The monoisotopic (exact) mass is 257 g/mol. The number of nitrogens with zero attached hydrogens (tertiary/aromatic N) is 1. The van der Waals surface area contributed by atoms with E-state index < -0.39 is 17.9 Å². The molecule has 0 spiro atoms. The fourth-order valence-electron chi connectivity index (χ4n) is 1.30. The van der Waals surface area contributed by atoms with Gasteiger partial charge >= 0.3 is 11.9 Å². The number of esters is 2. The Labute approximate surface area is 104 Å². The van der Waals surface area contributed by atoms with Crippen molar-refractivity contribution >= 4 is 23.3 Å². The van der Waals surface area contributed by atoms with Gasteiger partial charge in [0, 0.05) is 11.8 Å². The van der Waals surface area contributed by atoms with Gasteiger partial charge in [0.1, 0.15) is 0 Å². The minimum absolute atomic E-state index is 0.223. The molecule has 0 aromatic carbocycles. The van der Waals surface area contributed by atoms with E-state index in [0.717, 1.165) is 0 Å². The summed E-state index contributed by atoms with van der Waals surface area (Å²) >= 11 is 1.42. The van der Waals surface area contributed by atoms with Crippen molar-refractivity contribution in [2.45, 2.75) is 20.3 Å². The van der Waals surface area contributed by atoms with Gasteiger partial charge in [-0.05, 0) is 13.8 Å². The van der Waals surface area contributed by atoms with Crippen molar-refractivity contribution < 1.29 is 19.1 Å². The van der Waals surface area contributed by atoms with Crippen LogP contribution < -0.4 is 0 Å². The van der Waals surface area contributed by atoms with Gasteiger partial charge in [-0.3, -0.25) is 9.59 Å². The maximum Gasteiger partial charge on any atom is 0.320 e. The normalized spacial score (nSPS) is 10.3. The zero-order valence-corrected chi connectivity index (χ0v) is 10.7. The molecule has 5 nitrogen and oxygen atoms in total. The number of carbonyl (C=O) groups is 2. The summed E-state index contributed by atoms with van der Waals surface area (Å²) in [6, 6.07) is 0. The predicted molar refractivity (Wildman–Crippen MR) is 62.6 cm³/mol. The van der Waals surface area contributed by atoms with Crippen LogP contribution in [0, 0.1) is 5.92 Å². The van der Waals surface area contributed by atoms with Crippen LogP contribution in [0.25, 0.3) is 0 Å². The van der Waals surface area contributed by atoms with Crippen LogP contribution in [0.4, 0.5) is 0 Å². The Hall–Kier alpha value is -1.43. The lowest BCUT2D eigenvalue weighted by molar-refractivity contribution is -0.161. The number of hydrogen-bond donors (Lipinski definition) is 0. The highest BCUT2D eigenvalue weighted by Crippen LogP contribution is 2.13. The van der Waals surface area contributed by atoms with E-state index in [9.17, 15) is 9.59 Å². The van der Waals surface area contributed by atoms with Gasteiger partial charge in [0.25, 0.3) is 0 Å². The third-order valence-electron chi connectivity index (χ3n) is 2.04. The number of thiazole rings is 1. The summed E-state index contributed by atoms with van der Waals surface area (Å²) in [5.41, 5.74) is 2.35. The lowest BCUT2D eigenvalue weighted by Gasteiger charge is -2.12. The topological polar surface area (TPSA) is 65.5 Å². The standard InChI is InChI=1S/C11H15NO4S/c1-3-15-10(13)9(11(14)16-4-2)5-8-6-17-7-12-8/h6-7,9H,3-5H2,1-2H3. The Morgan fingerprint density at radius 2 is 1.88 bits per heavy atom. The largest absolute Gasteiger partial charge is 0.465 e. The van der Waals surface area contributed by atoms with Crippen molar-refractivity contribution in [3.63, 3.8) is 0 Å². The van der Waals surface area contributed by atoms with E-state index in [4.69, 9.17) is 9.47 Å². The van der Waals surface area contributed by atoms with Crippen molar-refractivity contribution in [3.8, 4) is 0 Å². The molecule has 0 saturated heterocycles. The summed E-state index contributed by atoms with van der Waals surface area (Å²) < 4.78 is 9.71. The van der Waals surface area contributed by atoms with Gasteiger partial charge in [0.2, 0.25) is 0 Å². The van der Waals surface area contributed by atoms with Crippen LogP contribution in [0.5, 0.6) is 0 Å². The number of aromatic nitrogens is 1. The number of rotatable bonds is 6. The van der Waals surface area contributed by atoms with Crippen molar-refractivity contribution in [1.29, 1.82) is 0 Å². The van der Waals surface area contributed by atoms with Crippen LogP contribution >= 0.6 is 11.3 Å². The van der Waals surface area contributed by atoms with Crippen LogP contribution in [0.1, 0.15) is 19.5 Å². The molecule has 0 radical (unpaired) electrons. The molecule has 94 valence electrons. The fourth-order valence-corrected chi connectivity index (χ4v) is 1.87. The van der Waals surface area contributed by atoms with Crippen LogP contribution in [0.2, 0.25) is 0 Å². The Morgan fingerprint density at radius 1 is 1.29 bits per heavy atom. The smallest absolute Gasteiger partial charge is 0.320 e. The minimum Gasteiger partial charge on any atom is -0.465 e. The number of hydrogen-bond acceptors (Lipinski definition) is 6. The second kappa shape index (κ2) is 7.01. The van der Waals surface area contributed by atoms with Crippen molar-refractivity contribution in [3.05, 3.63) is 16.6 Å². The average Bonchev–Trinajstić information content (AvgIpc) is 2.79. The van der Waals surface area contributed by atoms with Crippen molar-refractivity contribution in [1.82, 2.24) is 4.98 Å². The van der Waals surface area contributed by atoms with Crippen LogP contribution in [-0.4, -0.2) is 30.1 Å². The van der Waals surface area contributed by atoms with Gasteiger partial charge in [-0.25, -0.2) is 4.98 Å². The first-order valence-corrected chi connectivity index (χ1v) is 6.33. The first-order chi connectivity index (χ1) is 8.19. The average molecular weight is 257 g/mol. The van der Waals surface area contributed by atoms with E-state index >= 15 is 0 Å². The molecular formula is C11H15NO4S. The molecule has 1 heterocycles. The molecule has 0 fully saturated rings. The van der Waals surface area contributed by atoms with Gasteiger partial charge in [-0.1, -0.05) is 0 Å². The van der Waals surface area contributed by atoms with E-state index in [1.54, 1.807) is 24.7 Å². The molecule has 17 heavy (non-hydrogen) atoms. The summed E-state index contributed by atoms with van der Waals surface area (Å²) in [7, 11) is 0. The van der Waals surface area contributed by atoms with Gasteiger partial charge in [-0.2, -0.15) is 0 Å². The van der Waals surface area contributed by atoms with E-state index in [1.165, 1.54) is 11.3 Å². The van der Waals surface area contributed by atoms with Crippen molar-refractivity contribution in [2.24, 2.45) is 5.92 Å². The molecule has 0 atom stereocenters. The molecule has 0 amide bonds. The third kappa shape index (κ3) is 4.14. The molecule has 0 aliphatic rings. The second-order valence-electron chi connectivity index (χ2n) is 3.24. The summed E-state index contributed by atoms with van der Waals surface area (Å²) in [5.74, 6) is -2.03. The summed E-state index contributed by atoms with van der Waals surface area (Å²) in [4.78, 5) is 27.3. The molecule has 0 bridgehead atoms. The molecule has 0 aliphatic carbocycles. The minimum atomic E-state index is -0.919. The summed E-state index contributed by atoms with van der Waals surface area (Å²) in [6.07, 6.45) is 0.223. The summed E-state index contributed by atoms with van der Waals surface area (Å²) in [5, 5.41) is 1.80. The maximum atomic E-state index is 11.6. The molecule has 0 aliphatic heterocycles. The molecule has 1 aromatic rings. The van der Waals surface area contributed by atoms with Crippen molar-refractivity contribution in [2.75, 3.05) is 13.2 Å². The quantitative estimate of drug-likeness (QED) is 0.569. The molecule has 0 unspecified atom stereocenters. The van der Waals surface area contributed by atoms with E-state index in [0.29, 0.717) is 5.69 Å². The SMILES string of the molecule is CCOC(=O)C(Cc1cscn1)C(=O)OCC. The first-order valence-electron chi connectivity index (χ1n) is 5.39. The molecule has 6 heteroatoms. The van der Waals surface area contributed by atoms with E-state index in [1.807, 2.05) is 0 Å². The molecule has 0 saturated carbocycles. The van der Waals surface area contributed by atoms with Crippen LogP contribution in [0.3, 0.4) is 0 Å². The number of carbonyl (C=O) groups excluding carboxylic acids is 2. The van der Waals surface area contributed by atoms with Gasteiger partial charge < -0.3 is 9.47 Å². The lowest BCUT2D eigenvalue weighted by atomic mass is 10.0. The Bertz CT molecular complexity index is 346. The highest BCUT2D eigenvalue weighted by molar-refractivity contribution is 7.07. The van der Waals surface area contributed by atoms with Gasteiger partial charge in [-0.15, -0.1) is 11.3 Å². The predicted octanol–water partition coefficient (Wildman–Crippen LogP) is 1.43. The maximum absolute atomic E-state index is 11.6. The Balaban J connectivity index is 2.71. The molecule has 0 N–H and O–H groups in total. The van der Waals surface area contributed by atoms with E-state index in [-0.39, 0.29) is 19.6 Å². The van der Waals surface area contributed by atoms with Gasteiger partial charge in [0.05, 0.1) is 24.4 Å². The molecule has 1 rings (SSSR count). The van der Waals surface area contributed by atoms with E-state index in [2.05, 4.69) is 4.98 Å². The Kier molecular flexibility index (Phi) is 5.62. The fraction of sp³-hybridized carbons (Fsp3) is 0.545. The van der Waals surface area contributed by atoms with Crippen LogP contribution in [0.15, 0.2) is 10.9 Å². The summed E-state index contributed by atoms with van der Waals surface area (Å²) in [6.45, 7) is 3.88. The Morgan fingerprint density at radius 3 is 2.29 bits per heavy atom. The molecule has 1 aromatic heterocycles. The van der Waals surface area contributed by atoms with Crippen LogP contribution in [-0.2, 0) is 25.5 Å².